The molecule has 1 aromatic carbocycles. The van der Waals surface area contributed by atoms with Crippen LogP contribution in [0.15, 0.2) is 36.5 Å². The fourth-order valence-corrected chi connectivity index (χ4v) is 2.91. The van der Waals surface area contributed by atoms with Crippen molar-refractivity contribution in [1.29, 1.82) is 0 Å². The van der Waals surface area contributed by atoms with Crippen LogP contribution in [0.1, 0.15) is 22.4 Å². The Morgan fingerprint density at radius 2 is 1.80 bits per heavy atom. The van der Waals surface area contributed by atoms with E-state index in [1.165, 1.54) is 22.9 Å². The topological polar surface area (TPSA) is 62.5 Å². The lowest BCUT2D eigenvalue weighted by Gasteiger charge is -2.12. The summed E-state index contributed by atoms with van der Waals surface area (Å²) in [7, 11) is 0. The number of carbonyl (C=O) groups excluding carboxylic acids is 1. The first-order valence-corrected chi connectivity index (χ1v) is 7.53. The van der Waals surface area contributed by atoms with E-state index in [9.17, 15) is 22.8 Å². The maximum Gasteiger partial charge on any atom is 0.416 e. The van der Waals surface area contributed by atoms with E-state index in [1.807, 2.05) is 0 Å². The molecule has 0 saturated heterocycles. The average molecular weight is 368 g/mol. The molecule has 3 rings (SSSR count). The largest absolute Gasteiger partial charge is 0.480 e. The van der Waals surface area contributed by atoms with Crippen molar-refractivity contribution >= 4 is 29.2 Å². The Bertz CT molecular complexity index is 838. The molecule has 0 radical (unpaired) electrons. The van der Waals surface area contributed by atoms with Crippen molar-refractivity contribution in [2.45, 2.75) is 12.6 Å². The van der Waals surface area contributed by atoms with Crippen LogP contribution in [0.4, 0.5) is 18.0 Å². The smallest absolute Gasteiger partial charge is 0.416 e. The standard InChI is InChI=1S/C16H11F3N2O3S/c17-16(18,19)11-3-1-9(2-4-11)5-10-6-12-14(25)21(8-13(22)23)15(24)20(12)7-10/h1-4,6-7H,5,8H2,(H,22,23). The summed E-state index contributed by atoms with van der Waals surface area (Å²) in [5.74, 6) is -1.17. The third kappa shape index (κ3) is 3.27. The van der Waals surface area contributed by atoms with Crippen molar-refractivity contribution in [3.63, 3.8) is 0 Å². The highest BCUT2D eigenvalue weighted by Crippen LogP contribution is 2.29. The molecule has 1 aromatic heterocycles. The molecule has 130 valence electrons. The van der Waals surface area contributed by atoms with E-state index in [0.717, 1.165) is 17.0 Å². The van der Waals surface area contributed by atoms with Gasteiger partial charge < -0.3 is 5.11 Å². The number of benzene rings is 1. The van der Waals surface area contributed by atoms with Crippen LogP contribution in [0.5, 0.6) is 0 Å². The Morgan fingerprint density at radius 1 is 1.16 bits per heavy atom. The van der Waals surface area contributed by atoms with Crippen molar-refractivity contribution < 1.29 is 27.9 Å². The van der Waals surface area contributed by atoms with E-state index in [2.05, 4.69) is 0 Å². The zero-order valence-electron chi connectivity index (χ0n) is 12.6. The molecular formula is C16H11F3N2O3S. The Kier molecular flexibility index (Phi) is 4.11. The number of hydrogen-bond acceptors (Lipinski definition) is 3. The van der Waals surface area contributed by atoms with Crippen LogP contribution in [0.3, 0.4) is 0 Å². The molecule has 0 atom stereocenters. The number of thiocarbonyl (C=S) groups is 1. The van der Waals surface area contributed by atoms with Crippen molar-refractivity contribution in [2.24, 2.45) is 0 Å². The molecule has 2 aromatic rings. The number of rotatable bonds is 4. The van der Waals surface area contributed by atoms with Gasteiger partial charge in [-0.05, 0) is 35.7 Å². The van der Waals surface area contributed by atoms with E-state index in [0.29, 0.717) is 23.2 Å². The first-order chi connectivity index (χ1) is 11.7. The molecule has 0 saturated carbocycles. The first-order valence-electron chi connectivity index (χ1n) is 7.12. The molecule has 0 fully saturated rings. The summed E-state index contributed by atoms with van der Waals surface area (Å²) in [6.45, 7) is -0.520. The number of fused-ring (bicyclic) bond motifs is 1. The van der Waals surface area contributed by atoms with Crippen molar-refractivity contribution in [3.8, 4) is 0 Å². The average Bonchev–Trinajstić information content (AvgIpc) is 3.02. The number of carbonyl (C=O) groups is 2. The van der Waals surface area contributed by atoms with Gasteiger partial charge in [-0.3, -0.25) is 14.3 Å². The Morgan fingerprint density at radius 3 is 2.32 bits per heavy atom. The van der Waals surface area contributed by atoms with Gasteiger partial charge in [0.2, 0.25) is 0 Å². The van der Waals surface area contributed by atoms with Gasteiger partial charge in [0.05, 0.1) is 11.3 Å². The van der Waals surface area contributed by atoms with E-state index in [4.69, 9.17) is 17.3 Å². The summed E-state index contributed by atoms with van der Waals surface area (Å²) in [5, 5.41) is 8.81. The number of aromatic nitrogens is 1. The van der Waals surface area contributed by atoms with Gasteiger partial charge in [-0.2, -0.15) is 13.2 Å². The van der Waals surface area contributed by atoms with Crippen LogP contribution in [0, 0.1) is 0 Å². The van der Waals surface area contributed by atoms with Crippen LogP contribution in [0.25, 0.3) is 0 Å². The summed E-state index contributed by atoms with van der Waals surface area (Å²) in [6, 6.07) is 5.85. The summed E-state index contributed by atoms with van der Waals surface area (Å²) in [5.41, 5.74) is 1.03. The third-order valence-electron chi connectivity index (χ3n) is 3.76. The normalized spacial score (nSPS) is 14.1. The number of halogens is 3. The maximum absolute atomic E-state index is 12.6. The van der Waals surface area contributed by atoms with E-state index in [-0.39, 0.29) is 4.99 Å². The number of hydrogen-bond donors (Lipinski definition) is 1. The monoisotopic (exact) mass is 368 g/mol. The summed E-state index contributed by atoms with van der Waals surface area (Å²) >= 11 is 5.12. The summed E-state index contributed by atoms with van der Waals surface area (Å²) < 4.78 is 39.0. The Hall–Kier alpha value is -2.68. The zero-order valence-corrected chi connectivity index (χ0v) is 13.4. The van der Waals surface area contributed by atoms with Crippen LogP contribution >= 0.6 is 12.2 Å². The van der Waals surface area contributed by atoms with E-state index < -0.39 is 30.3 Å². The van der Waals surface area contributed by atoms with E-state index in [1.54, 1.807) is 6.07 Å². The first kappa shape index (κ1) is 17.2. The molecule has 9 heteroatoms. The summed E-state index contributed by atoms with van der Waals surface area (Å²) in [6.07, 6.45) is -2.54. The molecule has 0 aliphatic carbocycles. The van der Waals surface area contributed by atoms with Gasteiger partial charge in [-0.15, -0.1) is 0 Å². The van der Waals surface area contributed by atoms with Gasteiger partial charge in [0.25, 0.3) is 0 Å². The predicted molar refractivity (Wildman–Crippen MR) is 85.5 cm³/mol. The van der Waals surface area contributed by atoms with Crippen LogP contribution in [-0.4, -0.2) is 38.1 Å². The molecule has 0 unspecified atom stereocenters. The molecule has 25 heavy (non-hydrogen) atoms. The fraction of sp³-hybridized carbons (Fsp3) is 0.188. The van der Waals surface area contributed by atoms with Gasteiger partial charge in [0.15, 0.2) is 0 Å². The highest BCUT2D eigenvalue weighted by molar-refractivity contribution is 7.80. The van der Waals surface area contributed by atoms with Gasteiger partial charge in [0, 0.05) is 6.20 Å². The molecule has 0 spiro atoms. The Balaban J connectivity index is 1.79. The third-order valence-corrected chi connectivity index (χ3v) is 4.19. The number of amides is 1. The molecular weight excluding hydrogens is 357 g/mol. The molecule has 0 bridgehead atoms. The van der Waals surface area contributed by atoms with Crippen molar-refractivity contribution in [3.05, 3.63) is 58.9 Å². The number of nitrogens with zero attached hydrogens (tertiary/aromatic N) is 2. The van der Waals surface area contributed by atoms with Gasteiger partial charge in [-0.25, -0.2) is 4.79 Å². The van der Waals surface area contributed by atoms with Gasteiger partial charge >= 0.3 is 18.2 Å². The summed E-state index contributed by atoms with van der Waals surface area (Å²) in [4.78, 5) is 24.1. The van der Waals surface area contributed by atoms with Crippen molar-refractivity contribution in [2.75, 3.05) is 6.54 Å². The molecule has 1 aliphatic heterocycles. The number of alkyl halides is 3. The highest BCUT2D eigenvalue weighted by Gasteiger charge is 2.34. The van der Waals surface area contributed by atoms with Crippen LogP contribution in [-0.2, 0) is 17.4 Å². The van der Waals surface area contributed by atoms with Gasteiger partial charge in [0.1, 0.15) is 11.5 Å². The SMILES string of the molecule is O=C(O)CN1C(=O)n2cc(Cc3ccc(C(F)(F)F)cc3)cc2C1=S. The van der Waals surface area contributed by atoms with Gasteiger partial charge in [-0.1, -0.05) is 24.4 Å². The Labute approximate surface area is 145 Å². The predicted octanol–water partition coefficient (Wildman–Crippen LogP) is 3.14. The minimum absolute atomic E-state index is 0.117. The lowest BCUT2D eigenvalue weighted by molar-refractivity contribution is -0.138. The minimum Gasteiger partial charge on any atom is -0.480 e. The zero-order chi connectivity index (χ0) is 18.4. The molecule has 1 N–H and O–H groups in total. The lowest BCUT2D eigenvalue weighted by Crippen LogP contribution is -2.35. The molecule has 5 nitrogen and oxygen atoms in total. The number of carboxylic acid groups (broad SMARTS) is 1. The van der Waals surface area contributed by atoms with Crippen molar-refractivity contribution in [1.82, 2.24) is 9.47 Å². The second-order valence-corrected chi connectivity index (χ2v) is 5.93. The minimum atomic E-state index is -4.39. The second kappa shape index (κ2) is 5.99. The van der Waals surface area contributed by atoms with Crippen LogP contribution in [0.2, 0.25) is 0 Å². The number of carboxylic acids is 1. The fourth-order valence-electron chi connectivity index (χ4n) is 2.61. The van der Waals surface area contributed by atoms with Crippen LogP contribution < -0.4 is 0 Å². The molecule has 1 amide bonds. The highest BCUT2D eigenvalue weighted by atomic mass is 32.1. The van der Waals surface area contributed by atoms with E-state index >= 15 is 0 Å². The molecule has 2 heterocycles. The number of aliphatic carboxylic acids is 1. The maximum atomic E-state index is 12.6. The molecule has 1 aliphatic rings. The quantitative estimate of drug-likeness (QED) is 0.843. The lowest BCUT2D eigenvalue weighted by atomic mass is 10.1. The second-order valence-electron chi connectivity index (χ2n) is 5.54.